The summed E-state index contributed by atoms with van der Waals surface area (Å²) in [6.07, 6.45) is 3.29. The molecule has 5 heteroatoms. The highest BCUT2D eigenvalue weighted by atomic mass is 79.9. The highest BCUT2D eigenvalue weighted by Gasteiger charge is 2.00. The highest BCUT2D eigenvalue weighted by Crippen LogP contribution is 2.20. The summed E-state index contributed by atoms with van der Waals surface area (Å²) < 4.78 is 6.45. The van der Waals surface area contributed by atoms with Crippen LogP contribution in [0.5, 0.6) is 11.8 Å². The van der Waals surface area contributed by atoms with Crippen LogP contribution in [0.25, 0.3) is 0 Å². The van der Waals surface area contributed by atoms with E-state index in [1.807, 2.05) is 24.3 Å². The molecule has 16 heavy (non-hydrogen) atoms. The molecule has 0 aliphatic carbocycles. The Kier molecular flexibility index (Phi) is 3.74. The average molecular weight is 300 g/mol. The van der Waals surface area contributed by atoms with Crippen molar-refractivity contribution in [3.05, 3.63) is 46.7 Å². The van der Waals surface area contributed by atoms with E-state index in [2.05, 4.69) is 25.9 Å². The molecule has 0 N–H and O–H groups in total. The first-order valence-electron chi connectivity index (χ1n) is 4.58. The van der Waals surface area contributed by atoms with Gasteiger partial charge < -0.3 is 4.74 Å². The van der Waals surface area contributed by atoms with Crippen LogP contribution in [0.15, 0.2) is 41.1 Å². The van der Waals surface area contributed by atoms with Gasteiger partial charge in [-0.3, -0.25) is 0 Å². The van der Waals surface area contributed by atoms with E-state index in [9.17, 15) is 0 Å². The molecule has 2 aromatic rings. The molecule has 82 valence electrons. The van der Waals surface area contributed by atoms with Crippen molar-refractivity contribution < 1.29 is 4.74 Å². The number of alkyl halides is 1. The van der Waals surface area contributed by atoms with Crippen LogP contribution in [0.1, 0.15) is 5.56 Å². The summed E-state index contributed by atoms with van der Waals surface area (Å²) in [5.41, 5.74) is 0.866. The minimum atomic E-state index is 0.316. The largest absolute Gasteiger partial charge is 0.424 e. The van der Waals surface area contributed by atoms with E-state index in [1.54, 1.807) is 12.4 Å². The molecule has 3 nitrogen and oxygen atoms in total. The summed E-state index contributed by atoms with van der Waals surface area (Å²) in [4.78, 5) is 8.08. The van der Waals surface area contributed by atoms with Gasteiger partial charge in [0.25, 0.3) is 0 Å². The standard InChI is InChI=1S/C11H8BrClN2O/c12-9-1-3-10(4-2-9)16-11-14-6-8(5-13)7-15-11/h1-4,6-7H,5H2. The third kappa shape index (κ3) is 2.93. The lowest BCUT2D eigenvalue weighted by molar-refractivity contribution is 0.441. The first-order valence-corrected chi connectivity index (χ1v) is 5.91. The number of halogens is 2. The number of nitrogens with zero attached hydrogens (tertiary/aromatic N) is 2. The van der Waals surface area contributed by atoms with Gasteiger partial charge in [-0.1, -0.05) is 15.9 Å². The smallest absolute Gasteiger partial charge is 0.321 e. The van der Waals surface area contributed by atoms with Gasteiger partial charge in [0.15, 0.2) is 0 Å². The number of benzene rings is 1. The van der Waals surface area contributed by atoms with Crippen molar-refractivity contribution >= 4 is 27.5 Å². The van der Waals surface area contributed by atoms with Crippen LogP contribution in [-0.4, -0.2) is 9.97 Å². The fraction of sp³-hybridized carbons (Fsp3) is 0.0909. The van der Waals surface area contributed by atoms with Crippen molar-refractivity contribution in [2.24, 2.45) is 0 Å². The second kappa shape index (κ2) is 5.27. The van der Waals surface area contributed by atoms with Gasteiger partial charge in [0.1, 0.15) is 5.75 Å². The van der Waals surface area contributed by atoms with E-state index in [0.717, 1.165) is 10.0 Å². The molecular formula is C11H8BrClN2O. The summed E-state index contributed by atoms with van der Waals surface area (Å²) in [6.45, 7) is 0. The predicted octanol–water partition coefficient (Wildman–Crippen LogP) is 3.77. The Morgan fingerprint density at radius 2 is 1.75 bits per heavy atom. The first kappa shape index (κ1) is 11.4. The van der Waals surface area contributed by atoms with Crippen molar-refractivity contribution in [2.75, 3.05) is 0 Å². The highest BCUT2D eigenvalue weighted by molar-refractivity contribution is 9.10. The number of hydrogen-bond donors (Lipinski definition) is 0. The molecule has 1 aromatic heterocycles. The van der Waals surface area contributed by atoms with Crippen LogP contribution in [0.2, 0.25) is 0 Å². The van der Waals surface area contributed by atoms with Gasteiger partial charge in [0.2, 0.25) is 0 Å². The average Bonchev–Trinajstić information content (AvgIpc) is 2.33. The Hall–Kier alpha value is -1.13. The zero-order valence-corrected chi connectivity index (χ0v) is 10.6. The zero-order valence-electron chi connectivity index (χ0n) is 8.23. The van der Waals surface area contributed by atoms with E-state index in [-0.39, 0.29) is 0 Å². The quantitative estimate of drug-likeness (QED) is 0.809. The van der Waals surface area contributed by atoms with Crippen LogP contribution in [0, 0.1) is 0 Å². The molecule has 0 fully saturated rings. The Labute approximate surface area is 107 Å². The van der Waals surface area contributed by atoms with Crippen molar-refractivity contribution in [3.63, 3.8) is 0 Å². The number of hydrogen-bond acceptors (Lipinski definition) is 3. The second-order valence-corrected chi connectivity index (χ2v) is 4.25. The lowest BCUT2D eigenvalue weighted by atomic mass is 10.3. The molecule has 0 spiro atoms. The molecule has 2 rings (SSSR count). The third-order valence-corrected chi connectivity index (χ3v) is 2.70. The lowest BCUT2D eigenvalue weighted by Gasteiger charge is -2.03. The molecule has 0 radical (unpaired) electrons. The van der Waals surface area contributed by atoms with Gasteiger partial charge in [-0.25, -0.2) is 9.97 Å². The van der Waals surface area contributed by atoms with E-state index in [4.69, 9.17) is 16.3 Å². The maximum atomic E-state index is 5.63. The fourth-order valence-corrected chi connectivity index (χ4v) is 1.48. The van der Waals surface area contributed by atoms with Crippen LogP contribution < -0.4 is 4.74 Å². The maximum Gasteiger partial charge on any atom is 0.321 e. The van der Waals surface area contributed by atoms with Gasteiger partial charge >= 0.3 is 6.01 Å². The SMILES string of the molecule is ClCc1cnc(Oc2ccc(Br)cc2)nc1. The van der Waals surface area contributed by atoms with E-state index in [0.29, 0.717) is 17.6 Å². The number of rotatable bonds is 3. The number of aromatic nitrogens is 2. The van der Waals surface area contributed by atoms with E-state index < -0.39 is 0 Å². The molecule has 1 aromatic carbocycles. The summed E-state index contributed by atoms with van der Waals surface area (Å²) >= 11 is 8.98. The van der Waals surface area contributed by atoms with Crippen molar-refractivity contribution in [3.8, 4) is 11.8 Å². The molecule has 0 bridgehead atoms. The zero-order chi connectivity index (χ0) is 11.4. The topological polar surface area (TPSA) is 35.0 Å². The third-order valence-electron chi connectivity index (χ3n) is 1.86. The maximum absolute atomic E-state index is 5.63. The Morgan fingerprint density at radius 3 is 2.31 bits per heavy atom. The van der Waals surface area contributed by atoms with Crippen molar-refractivity contribution in [1.29, 1.82) is 0 Å². The molecule has 0 atom stereocenters. The Balaban J connectivity index is 2.11. The molecule has 0 aliphatic heterocycles. The van der Waals surface area contributed by atoms with Gasteiger partial charge in [0, 0.05) is 22.4 Å². The lowest BCUT2D eigenvalue weighted by Crippen LogP contribution is -1.92. The van der Waals surface area contributed by atoms with E-state index in [1.165, 1.54) is 0 Å². The minimum Gasteiger partial charge on any atom is -0.424 e. The van der Waals surface area contributed by atoms with Crippen LogP contribution in [0.3, 0.4) is 0 Å². The predicted molar refractivity (Wildman–Crippen MR) is 65.8 cm³/mol. The van der Waals surface area contributed by atoms with Crippen molar-refractivity contribution in [1.82, 2.24) is 9.97 Å². The Morgan fingerprint density at radius 1 is 1.12 bits per heavy atom. The minimum absolute atomic E-state index is 0.316. The molecule has 1 heterocycles. The molecule has 0 saturated carbocycles. The van der Waals surface area contributed by atoms with Crippen LogP contribution in [0.4, 0.5) is 0 Å². The summed E-state index contributed by atoms with van der Waals surface area (Å²) in [6, 6.07) is 7.77. The number of ether oxygens (including phenoxy) is 1. The molecule has 0 unspecified atom stereocenters. The van der Waals surface area contributed by atoms with Crippen molar-refractivity contribution in [2.45, 2.75) is 5.88 Å². The van der Waals surface area contributed by atoms with E-state index >= 15 is 0 Å². The summed E-state index contributed by atoms with van der Waals surface area (Å²) in [7, 11) is 0. The van der Waals surface area contributed by atoms with Crippen LogP contribution in [-0.2, 0) is 5.88 Å². The molecular weight excluding hydrogens is 291 g/mol. The first-order chi connectivity index (χ1) is 7.78. The molecule has 0 saturated heterocycles. The second-order valence-electron chi connectivity index (χ2n) is 3.06. The van der Waals surface area contributed by atoms with Gasteiger partial charge in [0.05, 0.1) is 5.88 Å². The van der Waals surface area contributed by atoms with Gasteiger partial charge in [-0.15, -0.1) is 11.6 Å². The molecule has 0 aliphatic rings. The Bertz CT molecular complexity index is 458. The monoisotopic (exact) mass is 298 g/mol. The summed E-state index contributed by atoms with van der Waals surface area (Å²) in [5.74, 6) is 1.10. The summed E-state index contributed by atoms with van der Waals surface area (Å²) in [5, 5.41) is 0. The fourth-order valence-electron chi connectivity index (χ4n) is 1.07. The molecule has 0 amide bonds. The van der Waals surface area contributed by atoms with Gasteiger partial charge in [-0.2, -0.15) is 0 Å². The van der Waals surface area contributed by atoms with Crippen LogP contribution >= 0.6 is 27.5 Å². The van der Waals surface area contributed by atoms with Gasteiger partial charge in [-0.05, 0) is 24.3 Å². The normalized spacial score (nSPS) is 10.1.